The smallest absolute Gasteiger partial charge is 0.329 e. The van der Waals surface area contributed by atoms with Gasteiger partial charge in [0.1, 0.15) is 23.7 Å². The molecule has 2 aromatic rings. The predicted octanol–water partition coefficient (Wildman–Crippen LogP) is -0.367. The monoisotopic (exact) mass is 359 g/mol. The molecule has 1 aromatic carbocycles. The van der Waals surface area contributed by atoms with Crippen molar-refractivity contribution in [1.29, 1.82) is 0 Å². The molecule has 3 N–H and O–H groups in total. The zero-order valence-electron chi connectivity index (χ0n) is 14.0. The Morgan fingerprint density at radius 3 is 2.85 bits per heavy atom. The Morgan fingerprint density at radius 1 is 1.35 bits per heavy atom. The number of ether oxygens (including phenoxy) is 2. The topological polar surface area (TPSA) is 133 Å². The lowest BCUT2D eigenvalue weighted by molar-refractivity contribution is -0.148. The summed E-state index contributed by atoms with van der Waals surface area (Å²) in [6, 6.07) is 7.35. The SMILES string of the molecule is Cn1c(N)c(C(=O)COC(=O)[C@H]2COc3ccccc3C2)c(=O)[nH]c1=O. The van der Waals surface area contributed by atoms with E-state index in [9.17, 15) is 19.2 Å². The summed E-state index contributed by atoms with van der Waals surface area (Å²) in [5.41, 5.74) is 4.47. The second-order valence-corrected chi connectivity index (χ2v) is 5.93. The number of nitrogen functional groups attached to an aromatic ring is 1. The summed E-state index contributed by atoms with van der Waals surface area (Å²) in [6.45, 7) is -0.505. The number of carbonyl (C=O) groups is 2. The van der Waals surface area contributed by atoms with Gasteiger partial charge in [0, 0.05) is 7.05 Å². The van der Waals surface area contributed by atoms with Crippen molar-refractivity contribution in [3.05, 3.63) is 56.2 Å². The molecule has 0 aliphatic carbocycles. The number of esters is 1. The molecule has 9 nitrogen and oxygen atoms in total. The predicted molar refractivity (Wildman–Crippen MR) is 91.1 cm³/mol. The number of ketones is 1. The fourth-order valence-corrected chi connectivity index (χ4v) is 2.71. The Balaban J connectivity index is 1.68. The molecule has 0 bridgehead atoms. The summed E-state index contributed by atoms with van der Waals surface area (Å²) in [4.78, 5) is 49.6. The summed E-state index contributed by atoms with van der Waals surface area (Å²) in [5, 5.41) is 0. The van der Waals surface area contributed by atoms with E-state index < -0.39 is 41.1 Å². The molecule has 136 valence electrons. The van der Waals surface area contributed by atoms with Crippen molar-refractivity contribution in [3.8, 4) is 5.75 Å². The average molecular weight is 359 g/mol. The van der Waals surface area contributed by atoms with E-state index in [4.69, 9.17) is 15.2 Å². The van der Waals surface area contributed by atoms with Crippen molar-refractivity contribution < 1.29 is 19.1 Å². The summed E-state index contributed by atoms with van der Waals surface area (Å²) in [7, 11) is 1.31. The van der Waals surface area contributed by atoms with Crippen molar-refractivity contribution in [2.24, 2.45) is 13.0 Å². The highest BCUT2D eigenvalue weighted by Gasteiger charge is 2.28. The van der Waals surface area contributed by atoms with Crippen LogP contribution in [0, 0.1) is 5.92 Å². The van der Waals surface area contributed by atoms with E-state index in [-0.39, 0.29) is 12.4 Å². The van der Waals surface area contributed by atoms with Crippen LogP contribution in [0.2, 0.25) is 0 Å². The number of hydrogen-bond acceptors (Lipinski definition) is 7. The van der Waals surface area contributed by atoms with Crippen LogP contribution in [0.1, 0.15) is 15.9 Å². The molecule has 3 rings (SSSR count). The lowest BCUT2D eigenvalue weighted by Crippen LogP contribution is -2.36. The van der Waals surface area contributed by atoms with Gasteiger partial charge >= 0.3 is 11.7 Å². The van der Waals surface area contributed by atoms with Gasteiger partial charge in [0.2, 0.25) is 5.78 Å². The van der Waals surface area contributed by atoms with Crippen molar-refractivity contribution in [2.75, 3.05) is 18.9 Å². The molecule has 0 spiro atoms. The molecule has 1 atom stereocenters. The van der Waals surface area contributed by atoms with Crippen LogP contribution >= 0.6 is 0 Å². The number of nitrogens with zero attached hydrogens (tertiary/aromatic N) is 1. The first-order valence-corrected chi connectivity index (χ1v) is 7.87. The highest BCUT2D eigenvalue weighted by Crippen LogP contribution is 2.27. The summed E-state index contributed by atoms with van der Waals surface area (Å²) in [6.07, 6.45) is 0.436. The Bertz CT molecular complexity index is 991. The lowest BCUT2D eigenvalue weighted by Gasteiger charge is -2.23. The number of fused-ring (bicyclic) bond motifs is 1. The van der Waals surface area contributed by atoms with E-state index in [0.717, 1.165) is 15.9 Å². The fraction of sp³-hybridized carbons (Fsp3) is 0.294. The van der Waals surface area contributed by atoms with Crippen molar-refractivity contribution in [1.82, 2.24) is 9.55 Å². The molecule has 0 saturated heterocycles. The summed E-state index contributed by atoms with van der Waals surface area (Å²) >= 11 is 0. The molecular formula is C17H17N3O6. The Morgan fingerprint density at radius 2 is 2.08 bits per heavy atom. The van der Waals surface area contributed by atoms with Crippen LogP contribution in [0.5, 0.6) is 5.75 Å². The first-order chi connectivity index (χ1) is 12.4. The molecular weight excluding hydrogens is 342 g/mol. The van der Waals surface area contributed by atoms with Gasteiger partial charge in [-0.05, 0) is 18.1 Å². The van der Waals surface area contributed by atoms with E-state index in [0.29, 0.717) is 6.42 Å². The molecule has 0 amide bonds. The first kappa shape index (κ1) is 17.5. The van der Waals surface area contributed by atoms with Gasteiger partial charge in [-0.3, -0.25) is 23.9 Å². The van der Waals surface area contributed by atoms with E-state index in [2.05, 4.69) is 0 Å². The maximum Gasteiger partial charge on any atom is 0.329 e. The zero-order valence-corrected chi connectivity index (χ0v) is 14.0. The average Bonchev–Trinajstić information content (AvgIpc) is 2.63. The summed E-state index contributed by atoms with van der Waals surface area (Å²) < 4.78 is 11.5. The van der Waals surface area contributed by atoms with Crippen molar-refractivity contribution >= 4 is 17.6 Å². The lowest BCUT2D eigenvalue weighted by atomic mass is 9.97. The highest BCUT2D eigenvalue weighted by atomic mass is 16.5. The van der Waals surface area contributed by atoms with E-state index in [1.54, 1.807) is 0 Å². The van der Waals surface area contributed by atoms with Crippen LogP contribution < -0.4 is 21.7 Å². The Kier molecular flexibility index (Phi) is 4.61. The van der Waals surface area contributed by atoms with E-state index in [1.165, 1.54) is 7.05 Å². The summed E-state index contributed by atoms with van der Waals surface area (Å²) in [5.74, 6) is -1.50. The maximum absolute atomic E-state index is 12.2. The molecule has 1 aromatic heterocycles. The Hall–Kier alpha value is -3.36. The van der Waals surface area contributed by atoms with Gasteiger partial charge in [-0.1, -0.05) is 18.2 Å². The van der Waals surface area contributed by atoms with Gasteiger partial charge in [0.05, 0.1) is 5.92 Å². The van der Waals surface area contributed by atoms with Gasteiger partial charge in [0.25, 0.3) is 5.56 Å². The normalized spacial score (nSPS) is 15.7. The molecule has 1 aliphatic heterocycles. The number of rotatable bonds is 4. The number of nitrogens with one attached hydrogen (secondary N) is 1. The maximum atomic E-state index is 12.2. The van der Waals surface area contributed by atoms with Crippen LogP contribution in [0.15, 0.2) is 33.9 Å². The number of aromatic nitrogens is 2. The standard InChI is InChI=1S/C17H17N3O6/c1-20-14(18)13(15(22)19-17(20)24)11(21)8-26-16(23)10-6-9-4-2-3-5-12(9)25-7-10/h2-5,10H,6-8,18H2,1H3,(H,19,22,24)/t10-/m1/s1. The van der Waals surface area contributed by atoms with Crippen molar-refractivity contribution in [2.45, 2.75) is 6.42 Å². The number of anilines is 1. The molecule has 26 heavy (non-hydrogen) atoms. The van der Waals surface area contributed by atoms with Gasteiger partial charge in [0.15, 0.2) is 6.61 Å². The molecule has 9 heteroatoms. The molecule has 1 aliphatic rings. The van der Waals surface area contributed by atoms with Crippen LogP contribution in [-0.4, -0.2) is 34.5 Å². The van der Waals surface area contributed by atoms with Crippen LogP contribution in [0.4, 0.5) is 5.82 Å². The van der Waals surface area contributed by atoms with Crippen LogP contribution in [0.25, 0.3) is 0 Å². The fourth-order valence-electron chi connectivity index (χ4n) is 2.71. The zero-order chi connectivity index (χ0) is 18.8. The van der Waals surface area contributed by atoms with Crippen molar-refractivity contribution in [3.63, 3.8) is 0 Å². The third-order valence-electron chi connectivity index (χ3n) is 4.21. The van der Waals surface area contributed by atoms with Gasteiger partial charge in [-0.2, -0.15) is 0 Å². The van der Waals surface area contributed by atoms with Crippen LogP contribution in [-0.2, 0) is 23.0 Å². The Labute approximate surface area is 147 Å². The minimum absolute atomic E-state index is 0.145. The van der Waals surface area contributed by atoms with Crippen LogP contribution in [0.3, 0.4) is 0 Å². The molecule has 0 fully saturated rings. The quantitative estimate of drug-likeness (QED) is 0.562. The van der Waals surface area contributed by atoms with E-state index in [1.807, 2.05) is 29.2 Å². The minimum atomic E-state index is -0.915. The molecule has 0 unspecified atom stereocenters. The number of Topliss-reactive ketones (excluding diaryl/α,β-unsaturated/α-hetero) is 1. The number of carbonyl (C=O) groups excluding carboxylic acids is 2. The molecule has 0 saturated carbocycles. The number of aromatic amines is 1. The minimum Gasteiger partial charge on any atom is -0.492 e. The number of H-pyrrole nitrogens is 1. The third kappa shape index (κ3) is 3.23. The van der Waals surface area contributed by atoms with Gasteiger partial charge in [-0.25, -0.2) is 4.79 Å². The molecule has 2 heterocycles. The number of benzene rings is 1. The van der Waals surface area contributed by atoms with E-state index >= 15 is 0 Å². The van der Waals surface area contributed by atoms with Gasteiger partial charge < -0.3 is 15.2 Å². The first-order valence-electron chi connectivity index (χ1n) is 7.87. The second-order valence-electron chi connectivity index (χ2n) is 5.93. The number of para-hydroxylation sites is 1. The van der Waals surface area contributed by atoms with Gasteiger partial charge in [-0.15, -0.1) is 0 Å². The highest BCUT2D eigenvalue weighted by molar-refractivity contribution is 6.01. The second kappa shape index (κ2) is 6.87. The molecule has 0 radical (unpaired) electrons. The largest absolute Gasteiger partial charge is 0.492 e. The number of nitrogens with two attached hydrogens (primary N) is 1. The third-order valence-corrected chi connectivity index (χ3v) is 4.21. The number of hydrogen-bond donors (Lipinski definition) is 2.